The van der Waals surface area contributed by atoms with Gasteiger partial charge in [-0.1, -0.05) is 24.8 Å². The molecule has 0 aliphatic carbocycles. The summed E-state index contributed by atoms with van der Waals surface area (Å²) in [6.45, 7) is 5.53. The maximum atomic E-state index is 11.5. The molecule has 4 N–H and O–H groups in total. The number of hydrogen-bond acceptors (Lipinski definition) is 6. The Morgan fingerprint density at radius 2 is 2.00 bits per heavy atom. The van der Waals surface area contributed by atoms with Crippen molar-refractivity contribution >= 4 is 34.3 Å². The van der Waals surface area contributed by atoms with E-state index in [9.17, 15) is 9.90 Å². The van der Waals surface area contributed by atoms with Crippen molar-refractivity contribution in [2.75, 3.05) is 29.5 Å². The molecule has 1 amide bonds. The highest BCUT2D eigenvalue weighted by Gasteiger charge is 2.09. The highest BCUT2D eigenvalue weighted by Crippen LogP contribution is 2.29. The van der Waals surface area contributed by atoms with Crippen molar-refractivity contribution < 1.29 is 9.90 Å². The Morgan fingerprint density at radius 1 is 1.21 bits per heavy atom. The van der Waals surface area contributed by atoms with Crippen molar-refractivity contribution in [3.05, 3.63) is 55.1 Å². The van der Waals surface area contributed by atoms with Crippen molar-refractivity contribution in [3.63, 3.8) is 0 Å². The van der Waals surface area contributed by atoms with Crippen LogP contribution in [0.1, 0.15) is 6.92 Å². The van der Waals surface area contributed by atoms with E-state index in [-0.39, 0.29) is 5.91 Å². The summed E-state index contributed by atoms with van der Waals surface area (Å²) in [6, 6.07) is 13.5. The van der Waals surface area contributed by atoms with Crippen molar-refractivity contribution in [2.45, 2.75) is 13.0 Å². The summed E-state index contributed by atoms with van der Waals surface area (Å²) in [7, 11) is 1.81. The van der Waals surface area contributed by atoms with E-state index in [2.05, 4.69) is 32.5 Å². The van der Waals surface area contributed by atoms with Crippen molar-refractivity contribution in [1.29, 1.82) is 0 Å². The molecule has 28 heavy (non-hydrogen) atoms. The first-order valence-corrected chi connectivity index (χ1v) is 8.95. The Hall–Kier alpha value is -3.45. The number of anilines is 3. The summed E-state index contributed by atoms with van der Waals surface area (Å²) in [6.07, 6.45) is 0.734. The molecule has 144 valence electrons. The number of carbonyl (C=O) groups excluding carboxylic acids is 1. The first-order chi connectivity index (χ1) is 13.5. The third kappa shape index (κ3) is 4.44. The van der Waals surface area contributed by atoms with Gasteiger partial charge in [0.1, 0.15) is 5.82 Å². The van der Waals surface area contributed by atoms with Gasteiger partial charge in [0.25, 0.3) is 0 Å². The minimum atomic E-state index is -0.503. The molecule has 2 aromatic carbocycles. The van der Waals surface area contributed by atoms with Crippen molar-refractivity contribution in [1.82, 2.24) is 9.97 Å². The molecule has 0 spiro atoms. The van der Waals surface area contributed by atoms with Crippen LogP contribution in [-0.2, 0) is 4.79 Å². The van der Waals surface area contributed by atoms with Gasteiger partial charge in [-0.25, -0.2) is 4.98 Å². The molecule has 1 heterocycles. The largest absolute Gasteiger partial charge is 0.392 e. The van der Waals surface area contributed by atoms with Crippen LogP contribution in [0.2, 0.25) is 0 Å². The summed E-state index contributed by atoms with van der Waals surface area (Å²) in [5.74, 6) is 0.898. The fourth-order valence-electron chi connectivity index (χ4n) is 2.79. The maximum absolute atomic E-state index is 11.5. The van der Waals surface area contributed by atoms with Crippen LogP contribution in [0, 0.1) is 0 Å². The number of carbonyl (C=O) groups is 1. The van der Waals surface area contributed by atoms with Crippen LogP contribution < -0.4 is 16.0 Å². The van der Waals surface area contributed by atoms with Crippen LogP contribution in [-0.4, -0.2) is 40.7 Å². The number of aliphatic hydroxyl groups is 1. The molecule has 1 aromatic heterocycles. The monoisotopic (exact) mass is 377 g/mol. The molecule has 7 heteroatoms. The molecule has 0 aliphatic rings. The predicted molar refractivity (Wildman–Crippen MR) is 114 cm³/mol. The average Bonchev–Trinajstić information content (AvgIpc) is 2.71. The van der Waals surface area contributed by atoms with E-state index in [1.165, 1.54) is 6.08 Å². The number of benzene rings is 2. The molecule has 1 unspecified atom stereocenters. The summed E-state index contributed by atoms with van der Waals surface area (Å²) in [5.41, 5.74) is 3.38. The van der Waals surface area contributed by atoms with E-state index >= 15 is 0 Å². The third-order valence-electron chi connectivity index (χ3n) is 4.14. The lowest BCUT2D eigenvalue weighted by molar-refractivity contribution is -0.111. The highest BCUT2D eigenvalue weighted by atomic mass is 16.3. The second kappa shape index (κ2) is 8.49. The van der Waals surface area contributed by atoms with Gasteiger partial charge in [-0.3, -0.25) is 4.79 Å². The minimum absolute atomic E-state index is 0.254. The Kier molecular flexibility index (Phi) is 5.86. The molecular weight excluding hydrogens is 354 g/mol. The fraction of sp³-hybridized carbons (Fsp3) is 0.190. The second-order valence-electron chi connectivity index (χ2n) is 6.38. The smallest absolute Gasteiger partial charge is 0.247 e. The standard InChI is InChI=1S/C21H23N5O2/c1-4-19(28)24-16-7-5-6-14(10-16)15-8-9-17-18(11-15)25-21(23-12-13(2)27)26-20(17)22-3/h4-11,13,27H,1,12H2,2-3H3,(H,24,28)(H2,22,23,25,26). The number of hydrogen-bond donors (Lipinski definition) is 4. The molecule has 0 bridgehead atoms. The van der Waals surface area contributed by atoms with E-state index in [0.717, 1.165) is 22.0 Å². The zero-order chi connectivity index (χ0) is 20.1. The summed E-state index contributed by atoms with van der Waals surface area (Å²) in [5, 5.41) is 19.3. The maximum Gasteiger partial charge on any atom is 0.247 e. The van der Waals surface area contributed by atoms with Gasteiger partial charge in [0.15, 0.2) is 0 Å². The quantitative estimate of drug-likeness (QED) is 0.472. The van der Waals surface area contributed by atoms with Crippen LogP contribution in [0.15, 0.2) is 55.1 Å². The zero-order valence-electron chi connectivity index (χ0n) is 15.9. The Morgan fingerprint density at radius 3 is 2.71 bits per heavy atom. The highest BCUT2D eigenvalue weighted by molar-refractivity contribution is 5.99. The van der Waals surface area contributed by atoms with Gasteiger partial charge in [-0.15, -0.1) is 0 Å². The van der Waals surface area contributed by atoms with Crippen molar-refractivity contribution in [2.24, 2.45) is 0 Å². The normalized spacial score (nSPS) is 11.7. The number of aliphatic hydroxyl groups excluding tert-OH is 1. The lowest BCUT2D eigenvalue weighted by Crippen LogP contribution is -2.17. The van der Waals surface area contributed by atoms with Crippen LogP contribution in [0.3, 0.4) is 0 Å². The first-order valence-electron chi connectivity index (χ1n) is 8.95. The molecule has 1 atom stereocenters. The molecule has 0 radical (unpaired) electrons. The number of nitrogens with one attached hydrogen (secondary N) is 3. The number of amides is 1. The molecular formula is C21H23N5O2. The predicted octanol–water partition coefficient (Wildman–Crippen LogP) is 3.26. The molecule has 3 aromatic rings. The molecule has 0 saturated heterocycles. The van der Waals surface area contributed by atoms with Gasteiger partial charge in [0, 0.05) is 24.7 Å². The van der Waals surface area contributed by atoms with E-state index in [1.807, 2.05) is 42.5 Å². The fourth-order valence-corrected chi connectivity index (χ4v) is 2.79. The van der Waals surface area contributed by atoms with Gasteiger partial charge < -0.3 is 21.1 Å². The molecule has 0 aliphatic heterocycles. The molecule has 7 nitrogen and oxygen atoms in total. The van der Waals surface area contributed by atoms with E-state index in [1.54, 1.807) is 14.0 Å². The summed E-state index contributed by atoms with van der Waals surface area (Å²) < 4.78 is 0. The topological polar surface area (TPSA) is 99.2 Å². The Labute approximate surface area is 163 Å². The molecule has 0 saturated carbocycles. The Balaban J connectivity index is 2.00. The van der Waals surface area contributed by atoms with E-state index < -0.39 is 6.10 Å². The third-order valence-corrected chi connectivity index (χ3v) is 4.14. The first kappa shape index (κ1) is 19.3. The van der Waals surface area contributed by atoms with E-state index in [0.29, 0.717) is 24.0 Å². The average molecular weight is 377 g/mol. The summed E-state index contributed by atoms with van der Waals surface area (Å²) >= 11 is 0. The summed E-state index contributed by atoms with van der Waals surface area (Å²) in [4.78, 5) is 20.6. The number of rotatable bonds is 7. The number of fused-ring (bicyclic) bond motifs is 1. The molecule has 0 fully saturated rings. The van der Waals surface area contributed by atoms with Crippen LogP contribution in [0.5, 0.6) is 0 Å². The minimum Gasteiger partial charge on any atom is -0.392 e. The van der Waals surface area contributed by atoms with Gasteiger partial charge in [-0.2, -0.15) is 4.98 Å². The Bertz CT molecular complexity index is 1020. The van der Waals surface area contributed by atoms with Gasteiger partial charge in [0.05, 0.1) is 11.6 Å². The SMILES string of the molecule is C=CC(=O)Nc1cccc(-c2ccc3c(NC)nc(NCC(C)O)nc3c2)c1. The van der Waals surface area contributed by atoms with Gasteiger partial charge >= 0.3 is 0 Å². The lowest BCUT2D eigenvalue weighted by Gasteiger charge is -2.12. The lowest BCUT2D eigenvalue weighted by atomic mass is 10.0. The van der Waals surface area contributed by atoms with E-state index in [4.69, 9.17) is 0 Å². The molecule has 3 rings (SSSR count). The van der Waals surface area contributed by atoms with Crippen molar-refractivity contribution in [3.8, 4) is 11.1 Å². The van der Waals surface area contributed by atoms with Crippen LogP contribution in [0.25, 0.3) is 22.0 Å². The van der Waals surface area contributed by atoms with Gasteiger partial charge in [0.2, 0.25) is 11.9 Å². The van der Waals surface area contributed by atoms with Gasteiger partial charge in [-0.05, 0) is 48.4 Å². The number of aromatic nitrogens is 2. The second-order valence-corrected chi connectivity index (χ2v) is 6.38. The van der Waals surface area contributed by atoms with Crippen LogP contribution >= 0.6 is 0 Å². The number of nitrogens with zero attached hydrogens (tertiary/aromatic N) is 2. The zero-order valence-corrected chi connectivity index (χ0v) is 15.9. The van der Waals surface area contributed by atoms with Crippen LogP contribution in [0.4, 0.5) is 17.5 Å².